The molecule has 186 valence electrons. The Labute approximate surface area is 201 Å². The first-order chi connectivity index (χ1) is 15.9. The van der Waals surface area contributed by atoms with Crippen molar-refractivity contribution in [1.29, 1.82) is 0 Å². The quantitative estimate of drug-likeness (QED) is 0.474. The second-order valence-corrected chi connectivity index (χ2v) is 12.7. The van der Waals surface area contributed by atoms with Gasteiger partial charge in [0.1, 0.15) is 17.8 Å². The van der Waals surface area contributed by atoms with Gasteiger partial charge in [-0.1, -0.05) is 25.5 Å². The van der Waals surface area contributed by atoms with E-state index in [-0.39, 0.29) is 59.2 Å². The topological polar surface area (TPSA) is 96.4 Å². The summed E-state index contributed by atoms with van der Waals surface area (Å²) in [6.45, 7) is 9.99. The summed E-state index contributed by atoms with van der Waals surface area (Å²) >= 11 is 0. The average molecular weight is 471 g/mol. The lowest BCUT2D eigenvalue weighted by atomic mass is 9.43. The highest BCUT2D eigenvalue weighted by molar-refractivity contribution is 5.97. The lowest BCUT2D eigenvalue weighted by Gasteiger charge is -2.61. The summed E-state index contributed by atoms with van der Waals surface area (Å²) in [7, 11) is 0. The zero-order valence-electron chi connectivity index (χ0n) is 21.0. The fraction of sp³-hybridized carbons (Fsp3) is 0.786. The summed E-state index contributed by atoms with van der Waals surface area (Å²) in [6, 6.07) is 0. The summed E-state index contributed by atoms with van der Waals surface area (Å²) in [6.07, 6.45) is 6.96. The van der Waals surface area contributed by atoms with Gasteiger partial charge >= 0.3 is 5.97 Å². The molecule has 34 heavy (non-hydrogen) atoms. The molecule has 4 fully saturated rings. The largest absolute Gasteiger partial charge is 0.458 e. The van der Waals surface area contributed by atoms with Gasteiger partial charge in [0.2, 0.25) is 0 Å². The minimum atomic E-state index is -1.14. The third kappa shape index (κ3) is 2.48. The van der Waals surface area contributed by atoms with E-state index in [4.69, 9.17) is 9.47 Å². The highest BCUT2D eigenvalue weighted by Crippen LogP contribution is 2.72. The van der Waals surface area contributed by atoms with Crippen LogP contribution in [0.3, 0.4) is 0 Å². The van der Waals surface area contributed by atoms with Crippen LogP contribution in [0.15, 0.2) is 23.3 Å². The molecule has 4 aliphatic carbocycles. The van der Waals surface area contributed by atoms with Crippen LogP contribution in [0.4, 0.5) is 0 Å². The smallest absolute Gasteiger partial charge is 0.333 e. The zero-order chi connectivity index (χ0) is 24.4. The first-order valence-electron chi connectivity index (χ1n) is 13.1. The number of carbonyl (C=O) groups excluding carboxylic acids is 2. The van der Waals surface area contributed by atoms with E-state index in [0.29, 0.717) is 24.8 Å². The van der Waals surface area contributed by atoms with Crippen LogP contribution in [-0.4, -0.2) is 51.5 Å². The second-order valence-electron chi connectivity index (χ2n) is 12.7. The monoisotopic (exact) mass is 470 g/mol. The summed E-state index contributed by atoms with van der Waals surface area (Å²) in [5.41, 5.74) is -1.60. The average Bonchev–Trinajstić information content (AvgIpc) is 3.55. The van der Waals surface area contributed by atoms with Crippen molar-refractivity contribution >= 4 is 11.8 Å². The Morgan fingerprint density at radius 3 is 2.50 bits per heavy atom. The first kappa shape index (κ1) is 22.9. The fourth-order valence-electron chi connectivity index (χ4n) is 9.27. The number of hydrogen-bond acceptors (Lipinski definition) is 6. The molecule has 2 heterocycles. The number of ketones is 1. The number of allylic oxidation sites excluding steroid dienone is 1. The van der Waals surface area contributed by atoms with Gasteiger partial charge in [0, 0.05) is 17.9 Å². The Bertz CT molecular complexity index is 1030. The maximum absolute atomic E-state index is 13.3. The maximum Gasteiger partial charge on any atom is 0.333 e. The highest BCUT2D eigenvalue weighted by Gasteiger charge is 2.78. The molecule has 11 atom stereocenters. The van der Waals surface area contributed by atoms with E-state index in [0.717, 1.165) is 24.8 Å². The van der Waals surface area contributed by atoms with E-state index in [9.17, 15) is 19.8 Å². The second kappa shape index (κ2) is 6.83. The number of rotatable bonds is 2. The molecule has 6 rings (SSSR count). The number of esters is 1. The molecule has 6 heteroatoms. The minimum Gasteiger partial charge on any atom is -0.458 e. The fourth-order valence-corrected chi connectivity index (χ4v) is 9.27. The minimum absolute atomic E-state index is 0.0159. The van der Waals surface area contributed by atoms with Gasteiger partial charge in [-0.05, 0) is 82.1 Å². The molecule has 1 saturated heterocycles. The highest BCUT2D eigenvalue weighted by atomic mass is 16.6. The van der Waals surface area contributed by atoms with E-state index in [1.807, 2.05) is 20.8 Å². The Kier molecular flexibility index (Phi) is 4.61. The Morgan fingerprint density at radius 2 is 1.79 bits per heavy atom. The molecule has 0 aromatic heterocycles. The predicted octanol–water partition coefficient (Wildman–Crippen LogP) is 3.50. The lowest BCUT2D eigenvalue weighted by Crippen LogP contribution is -2.68. The van der Waals surface area contributed by atoms with Crippen molar-refractivity contribution in [3.63, 3.8) is 0 Å². The molecule has 0 unspecified atom stereocenters. The van der Waals surface area contributed by atoms with Crippen LogP contribution in [0.25, 0.3) is 0 Å². The molecule has 0 spiro atoms. The number of hydrogen-bond donors (Lipinski definition) is 2. The number of cyclic esters (lactones) is 1. The predicted molar refractivity (Wildman–Crippen MR) is 125 cm³/mol. The van der Waals surface area contributed by atoms with Gasteiger partial charge in [0.25, 0.3) is 0 Å². The molecule has 0 aromatic carbocycles. The molecule has 0 aromatic rings. The summed E-state index contributed by atoms with van der Waals surface area (Å²) in [5.74, 6) is -0.0746. The third-order valence-electron chi connectivity index (χ3n) is 11.8. The van der Waals surface area contributed by atoms with Gasteiger partial charge in [0.05, 0.1) is 17.1 Å². The molecule has 2 aliphatic heterocycles. The Morgan fingerprint density at radius 1 is 1.09 bits per heavy atom. The standard InChI is InChI=1S/C28H38O6/c1-14-13-19(33-24(30)15(14)2)16(3)27(31)12-9-17-21-18(8-11-25(17,27)4)26(5)20(29)7-6-10-28(26,32)23-22(21)34-23/h6-7,16-19,21-23,31-32H,8-13H2,1-5H3/t16-,17+,18-,19+,21+,22+,23+,25+,26+,27+,28+/m1/s1. The van der Waals surface area contributed by atoms with Gasteiger partial charge in [-0.15, -0.1) is 0 Å². The Hall–Kier alpha value is -1.50. The molecule has 0 bridgehead atoms. The van der Waals surface area contributed by atoms with Crippen LogP contribution in [0.2, 0.25) is 0 Å². The summed E-state index contributed by atoms with van der Waals surface area (Å²) < 4.78 is 12.0. The van der Waals surface area contributed by atoms with Gasteiger partial charge in [-0.3, -0.25) is 4.79 Å². The molecule has 6 aliphatic rings. The SMILES string of the molecule is CC1=C(C)C(=O)O[C@H]([C@@H](C)[C@@]2(O)CC[C@H]3[C@@H]4[C@@H]5O[C@@H]5[C@@]5(O)CC=CC(=O)[C@]5(C)[C@@H]4CC[C@@]32C)C1. The van der Waals surface area contributed by atoms with Crippen molar-refractivity contribution in [1.82, 2.24) is 0 Å². The van der Waals surface area contributed by atoms with Gasteiger partial charge in [0.15, 0.2) is 5.78 Å². The molecule has 6 nitrogen and oxygen atoms in total. The van der Waals surface area contributed by atoms with Crippen LogP contribution in [0.1, 0.15) is 73.1 Å². The van der Waals surface area contributed by atoms with Crippen LogP contribution in [-0.2, 0) is 19.1 Å². The van der Waals surface area contributed by atoms with Crippen LogP contribution < -0.4 is 0 Å². The van der Waals surface area contributed by atoms with Crippen LogP contribution >= 0.6 is 0 Å². The zero-order valence-corrected chi connectivity index (χ0v) is 21.0. The molecule has 2 N–H and O–H groups in total. The van der Waals surface area contributed by atoms with Crippen molar-refractivity contribution in [3.8, 4) is 0 Å². The van der Waals surface area contributed by atoms with Crippen molar-refractivity contribution in [2.75, 3.05) is 0 Å². The first-order valence-corrected chi connectivity index (χ1v) is 13.1. The lowest BCUT2D eigenvalue weighted by molar-refractivity contribution is -0.202. The maximum atomic E-state index is 13.3. The van der Waals surface area contributed by atoms with Crippen molar-refractivity contribution in [2.45, 2.75) is 103 Å². The van der Waals surface area contributed by atoms with Gasteiger partial charge in [-0.2, -0.15) is 0 Å². The van der Waals surface area contributed by atoms with E-state index < -0.39 is 16.6 Å². The molecular weight excluding hydrogens is 432 g/mol. The van der Waals surface area contributed by atoms with Crippen molar-refractivity contribution in [3.05, 3.63) is 23.3 Å². The summed E-state index contributed by atoms with van der Waals surface area (Å²) in [4.78, 5) is 25.7. The van der Waals surface area contributed by atoms with Crippen molar-refractivity contribution in [2.24, 2.45) is 34.5 Å². The number of fused-ring (bicyclic) bond motifs is 8. The van der Waals surface area contributed by atoms with Crippen molar-refractivity contribution < 1.29 is 29.3 Å². The van der Waals surface area contributed by atoms with Crippen LogP contribution in [0.5, 0.6) is 0 Å². The third-order valence-corrected chi connectivity index (χ3v) is 11.8. The number of carbonyl (C=O) groups is 2. The van der Waals surface area contributed by atoms with E-state index in [1.165, 1.54) is 0 Å². The molecular formula is C28H38O6. The van der Waals surface area contributed by atoms with E-state index in [1.54, 1.807) is 19.1 Å². The Balaban J connectivity index is 1.34. The number of ether oxygens (including phenoxy) is 2. The summed E-state index contributed by atoms with van der Waals surface area (Å²) in [5, 5.41) is 24.0. The van der Waals surface area contributed by atoms with E-state index >= 15 is 0 Å². The van der Waals surface area contributed by atoms with Crippen LogP contribution in [0, 0.1) is 34.5 Å². The van der Waals surface area contributed by atoms with E-state index in [2.05, 4.69) is 6.92 Å². The molecule has 0 amide bonds. The van der Waals surface area contributed by atoms with Gasteiger partial charge < -0.3 is 19.7 Å². The number of epoxide rings is 1. The molecule has 3 saturated carbocycles. The van der Waals surface area contributed by atoms with Gasteiger partial charge in [-0.25, -0.2) is 4.79 Å². The number of aliphatic hydroxyl groups is 2. The normalized spacial score (nSPS) is 54.6. The molecule has 0 radical (unpaired) electrons.